The van der Waals surface area contributed by atoms with E-state index in [0.29, 0.717) is 0 Å². The summed E-state index contributed by atoms with van der Waals surface area (Å²) in [5.74, 6) is -13.5. The quantitative estimate of drug-likeness (QED) is 0.155. The van der Waals surface area contributed by atoms with E-state index in [9.17, 15) is 61.5 Å². The van der Waals surface area contributed by atoms with Crippen LogP contribution in [0.1, 0.15) is 26.7 Å². The maximum atomic E-state index is 13.1. The van der Waals surface area contributed by atoms with E-state index in [1.807, 2.05) is 0 Å². The monoisotopic (exact) mass is 486 g/mol. The molecular weight excluding hydrogens is 474 g/mol. The first kappa shape index (κ1) is 28.9. The van der Waals surface area contributed by atoms with Crippen molar-refractivity contribution < 1.29 is 80.7 Å². The van der Waals surface area contributed by atoms with Gasteiger partial charge in [0.25, 0.3) is 0 Å². The molecule has 2 atom stereocenters. The van der Waals surface area contributed by atoms with Crippen LogP contribution in [-0.4, -0.2) is 49.0 Å². The zero-order valence-electron chi connectivity index (χ0n) is 14.5. The molecule has 0 saturated carbocycles. The highest BCUT2D eigenvalue weighted by Gasteiger charge is 2.76. The Hall–Kier alpha value is -1.14. The summed E-state index contributed by atoms with van der Waals surface area (Å²) in [6, 6.07) is 0. The molecule has 30 heavy (non-hydrogen) atoms. The van der Waals surface area contributed by atoms with Crippen LogP contribution in [0.15, 0.2) is 0 Å². The first-order valence-corrected chi connectivity index (χ1v) is 7.39. The van der Waals surface area contributed by atoms with Gasteiger partial charge in [0.15, 0.2) is 12.6 Å². The molecule has 0 amide bonds. The predicted octanol–water partition coefficient (Wildman–Crippen LogP) is 6.02. The lowest BCUT2D eigenvalue weighted by atomic mass is 10.3. The summed E-state index contributed by atoms with van der Waals surface area (Å²) in [6.45, 7) is 1.54. The van der Waals surface area contributed by atoms with Gasteiger partial charge in [-0.05, 0) is 12.8 Å². The Morgan fingerprint density at radius 1 is 0.500 bits per heavy atom. The van der Waals surface area contributed by atoms with Crippen LogP contribution >= 0.6 is 0 Å². The maximum absolute atomic E-state index is 13.1. The maximum Gasteiger partial charge on any atom is 0.462 e. The first-order valence-electron chi connectivity index (χ1n) is 7.39. The summed E-state index contributed by atoms with van der Waals surface area (Å²) in [5.41, 5.74) is 0. The van der Waals surface area contributed by atoms with Crippen molar-refractivity contribution in [3.63, 3.8) is 0 Å². The second-order valence-electron chi connectivity index (χ2n) is 5.28. The molecule has 0 radical (unpaired) electrons. The van der Waals surface area contributed by atoms with Crippen molar-refractivity contribution in [3.05, 3.63) is 0 Å². The average molecular weight is 486 g/mol. The molecule has 0 N–H and O–H groups in total. The van der Waals surface area contributed by atoms with Gasteiger partial charge in [-0.25, -0.2) is 9.78 Å². The van der Waals surface area contributed by atoms with Gasteiger partial charge in [0, 0.05) is 0 Å². The normalized spacial score (nSPS) is 17.2. The summed E-state index contributed by atoms with van der Waals surface area (Å²) >= 11 is 0. The van der Waals surface area contributed by atoms with Crippen molar-refractivity contribution in [2.45, 2.75) is 75.7 Å². The molecule has 0 heterocycles. The summed E-state index contributed by atoms with van der Waals surface area (Å²) in [5, 5.41) is 0. The molecule has 0 fully saturated rings. The summed E-state index contributed by atoms with van der Waals surface area (Å²) < 4.78 is 181. The summed E-state index contributed by atoms with van der Waals surface area (Å²) in [4.78, 5) is 7.49. The van der Waals surface area contributed by atoms with Crippen molar-refractivity contribution in [2.24, 2.45) is 0 Å². The van der Waals surface area contributed by atoms with E-state index >= 15 is 0 Å². The second kappa shape index (κ2) is 9.15. The molecule has 0 aromatic heterocycles. The van der Waals surface area contributed by atoms with Crippen LogP contribution in [-0.2, 0) is 19.2 Å². The van der Waals surface area contributed by atoms with Gasteiger partial charge in [-0.15, -0.1) is 0 Å². The van der Waals surface area contributed by atoms with E-state index in [4.69, 9.17) is 0 Å². The minimum atomic E-state index is -6.80. The molecule has 0 aromatic carbocycles. The highest BCUT2D eigenvalue weighted by atomic mass is 19.4. The van der Waals surface area contributed by atoms with E-state index in [0.717, 1.165) is 13.8 Å². The topological polar surface area (TPSA) is 36.9 Å². The highest BCUT2D eigenvalue weighted by Crippen LogP contribution is 2.49. The predicted molar refractivity (Wildman–Crippen MR) is 64.4 cm³/mol. The van der Waals surface area contributed by atoms with Gasteiger partial charge in [-0.2, -0.15) is 61.5 Å². The number of halogens is 14. The van der Waals surface area contributed by atoms with Gasteiger partial charge >= 0.3 is 36.4 Å². The van der Waals surface area contributed by atoms with Crippen LogP contribution < -0.4 is 0 Å². The van der Waals surface area contributed by atoms with Crippen LogP contribution in [0.5, 0.6) is 0 Å². The van der Waals surface area contributed by atoms with E-state index < -0.39 is 61.8 Å². The van der Waals surface area contributed by atoms with E-state index in [1.165, 1.54) is 0 Å². The Kier molecular flexibility index (Phi) is 8.81. The third-order valence-corrected chi connectivity index (χ3v) is 2.94. The fourth-order valence-electron chi connectivity index (χ4n) is 1.27. The fraction of sp³-hybridized carbons (Fsp3) is 1.00. The second-order valence-corrected chi connectivity index (χ2v) is 5.28. The van der Waals surface area contributed by atoms with Crippen molar-refractivity contribution >= 4 is 0 Å². The number of hydrogen-bond donors (Lipinski definition) is 0. The summed E-state index contributed by atoms with van der Waals surface area (Å²) in [7, 11) is 0. The molecule has 0 spiro atoms. The zero-order valence-corrected chi connectivity index (χ0v) is 14.5. The van der Waals surface area contributed by atoms with Gasteiger partial charge in [0.1, 0.15) is 0 Å². The van der Waals surface area contributed by atoms with Crippen molar-refractivity contribution in [3.8, 4) is 0 Å². The molecule has 0 rings (SSSR count). The third-order valence-electron chi connectivity index (χ3n) is 2.94. The Balaban J connectivity index is 5.25. The molecule has 0 saturated heterocycles. The lowest BCUT2D eigenvalue weighted by Gasteiger charge is -2.32. The lowest BCUT2D eigenvalue weighted by molar-refractivity contribution is -0.519. The number of ether oxygens (including phenoxy) is 2. The van der Waals surface area contributed by atoms with E-state index in [-0.39, 0.29) is 0 Å². The Bertz CT molecular complexity index is 496. The molecule has 0 bridgehead atoms. The molecule has 2 unspecified atom stereocenters. The van der Waals surface area contributed by atoms with Gasteiger partial charge < -0.3 is 0 Å². The third kappa shape index (κ3) is 6.19. The average Bonchev–Trinajstić information content (AvgIpc) is 2.54. The minimum absolute atomic E-state index is 0.768. The SMILES string of the molecule is CCC(OOC(CC)OC(F)(F)C(F)(F)C(F)(F)F)OC(F)(F)C(F)(F)C(F)(F)F. The number of alkyl halides is 14. The lowest BCUT2D eigenvalue weighted by Crippen LogP contribution is -2.55. The largest absolute Gasteiger partial charge is 0.462 e. The minimum Gasteiger partial charge on any atom is -0.282 e. The van der Waals surface area contributed by atoms with Crippen LogP contribution in [0, 0.1) is 0 Å². The van der Waals surface area contributed by atoms with Crippen LogP contribution in [0.2, 0.25) is 0 Å². The Labute approximate surface area is 157 Å². The van der Waals surface area contributed by atoms with Crippen molar-refractivity contribution in [1.82, 2.24) is 0 Å². The number of rotatable bonds is 11. The van der Waals surface area contributed by atoms with Crippen LogP contribution in [0.25, 0.3) is 0 Å². The molecule has 0 aliphatic carbocycles. The van der Waals surface area contributed by atoms with Gasteiger partial charge in [0.05, 0.1) is 0 Å². The van der Waals surface area contributed by atoms with Gasteiger partial charge in [-0.1, -0.05) is 13.8 Å². The molecule has 182 valence electrons. The Morgan fingerprint density at radius 3 is 0.900 bits per heavy atom. The molecule has 0 aliphatic rings. The first-order chi connectivity index (χ1) is 13.1. The van der Waals surface area contributed by atoms with Gasteiger partial charge in [0.2, 0.25) is 0 Å². The highest BCUT2D eigenvalue weighted by molar-refractivity contribution is 4.86. The molecule has 0 aliphatic heterocycles. The molecule has 18 heteroatoms. The smallest absolute Gasteiger partial charge is 0.282 e. The van der Waals surface area contributed by atoms with Crippen molar-refractivity contribution in [2.75, 3.05) is 0 Å². The Morgan fingerprint density at radius 2 is 0.733 bits per heavy atom. The zero-order chi connectivity index (χ0) is 24.4. The summed E-state index contributed by atoms with van der Waals surface area (Å²) in [6.07, 6.45) is -33.8. The van der Waals surface area contributed by atoms with E-state index in [2.05, 4.69) is 19.2 Å². The molecule has 0 aromatic rings. The molecule has 4 nitrogen and oxygen atoms in total. The fourth-order valence-corrected chi connectivity index (χ4v) is 1.27. The van der Waals surface area contributed by atoms with Crippen LogP contribution in [0.4, 0.5) is 61.5 Å². The van der Waals surface area contributed by atoms with Crippen molar-refractivity contribution in [1.29, 1.82) is 0 Å². The van der Waals surface area contributed by atoms with Crippen LogP contribution in [0.3, 0.4) is 0 Å². The molecular formula is C12H12F14O4. The van der Waals surface area contributed by atoms with E-state index in [1.54, 1.807) is 0 Å². The standard InChI is InChI=1S/C12H12F14O4/c1-3-5(27-11(23,24)7(13,14)9(17,18)19)29-30-6(4-2)28-12(25,26)8(15,16)10(20,21)22/h5-6H,3-4H2,1-2H3. The van der Waals surface area contributed by atoms with Gasteiger partial charge in [-0.3, -0.25) is 9.47 Å². The number of hydrogen-bond acceptors (Lipinski definition) is 4.